The molecule has 4 rings (SSSR count). The molecular weight excluding hydrogens is 634 g/mol. The van der Waals surface area contributed by atoms with Crippen LogP contribution in [0, 0.1) is 23.2 Å². The maximum absolute atomic E-state index is 15.1. The Hall–Kier alpha value is -2.49. The zero-order valence-corrected chi connectivity index (χ0v) is 29.6. The Labute approximate surface area is 278 Å². The predicted octanol–water partition coefficient (Wildman–Crippen LogP) is 5.20. The molecule has 9 heteroatoms. The van der Waals surface area contributed by atoms with Gasteiger partial charge >= 0.3 is 0 Å². The number of amides is 3. The lowest BCUT2D eigenvalue weighted by atomic mass is 9.70. The molecule has 1 aromatic carbocycles. The van der Waals surface area contributed by atoms with Gasteiger partial charge in [-0.3, -0.25) is 14.4 Å². The number of fused-ring (bicyclic) bond motifs is 1. The van der Waals surface area contributed by atoms with Crippen LogP contribution >= 0.6 is 15.9 Å². The van der Waals surface area contributed by atoms with E-state index in [1.54, 1.807) is 22.0 Å². The van der Waals surface area contributed by atoms with Crippen molar-refractivity contribution in [1.29, 1.82) is 0 Å². The lowest BCUT2D eigenvalue weighted by molar-refractivity contribution is -0.156. The number of rotatable bonds is 13. The fourth-order valence-electron chi connectivity index (χ4n) is 8.31. The van der Waals surface area contributed by atoms with Gasteiger partial charge in [0.05, 0.1) is 30.6 Å². The second-order valence-corrected chi connectivity index (χ2v) is 16.4. The van der Waals surface area contributed by atoms with Crippen molar-refractivity contribution < 1.29 is 24.2 Å². The highest BCUT2D eigenvalue weighted by atomic mass is 79.9. The molecular formula is C36H52BrN3O5. The van der Waals surface area contributed by atoms with Gasteiger partial charge in [0, 0.05) is 30.0 Å². The number of carbonyl (C=O) groups excluding carboxylic acids is 3. The van der Waals surface area contributed by atoms with Crippen molar-refractivity contribution in [2.24, 2.45) is 23.2 Å². The second-order valence-electron chi connectivity index (χ2n) is 15.2. The normalized spacial score (nSPS) is 28.3. The van der Waals surface area contributed by atoms with Crippen LogP contribution in [-0.2, 0) is 25.7 Å². The molecule has 248 valence electrons. The van der Waals surface area contributed by atoms with Crippen LogP contribution in [0.15, 0.2) is 55.6 Å². The van der Waals surface area contributed by atoms with Gasteiger partial charge in [0.2, 0.25) is 17.7 Å². The number of ether oxygens (including phenoxy) is 1. The molecule has 3 fully saturated rings. The van der Waals surface area contributed by atoms with Crippen LogP contribution in [0.1, 0.15) is 66.9 Å². The van der Waals surface area contributed by atoms with Crippen molar-refractivity contribution in [2.75, 3.05) is 19.7 Å². The molecule has 3 aliphatic heterocycles. The molecule has 1 spiro atoms. The van der Waals surface area contributed by atoms with E-state index in [-0.39, 0.29) is 40.5 Å². The minimum Gasteiger partial charge on any atom is -0.394 e. The Balaban J connectivity index is 1.83. The van der Waals surface area contributed by atoms with Gasteiger partial charge in [0.1, 0.15) is 11.6 Å². The summed E-state index contributed by atoms with van der Waals surface area (Å²) in [7, 11) is 0. The number of likely N-dealkylation sites (tertiary alicyclic amines) is 1. The Morgan fingerprint density at radius 3 is 2.27 bits per heavy atom. The minimum atomic E-state index is -1.22. The molecule has 3 unspecified atom stereocenters. The van der Waals surface area contributed by atoms with Gasteiger partial charge in [-0.2, -0.15) is 0 Å². The van der Waals surface area contributed by atoms with Crippen molar-refractivity contribution in [2.45, 2.75) is 102 Å². The van der Waals surface area contributed by atoms with Crippen LogP contribution in [0.5, 0.6) is 0 Å². The molecule has 0 aliphatic carbocycles. The first kappa shape index (κ1) is 35.4. The van der Waals surface area contributed by atoms with E-state index in [1.807, 2.05) is 62.9 Å². The van der Waals surface area contributed by atoms with Gasteiger partial charge in [-0.1, -0.05) is 93.0 Å². The quantitative estimate of drug-likeness (QED) is 0.228. The number of aliphatic hydroxyl groups is 1. The number of aliphatic hydroxyl groups excluding tert-OH is 1. The summed E-state index contributed by atoms with van der Waals surface area (Å²) in [5.41, 5.74) is -0.903. The van der Waals surface area contributed by atoms with E-state index in [0.29, 0.717) is 32.5 Å². The Kier molecular flexibility index (Phi) is 10.5. The number of carbonyl (C=O) groups is 3. The summed E-state index contributed by atoms with van der Waals surface area (Å²) in [6.07, 6.45) is 3.95. The number of hydrogen-bond acceptors (Lipinski definition) is 5. The van der Waals surface area contributed by atoms with Crippen molar-refractivity contribution in [3.63, 3.8) is 0 Å². The fourth-order valence-corrected chi connectivity index (χ4v) is 9.26. The van der Waals surface area contributed by atoms with Gasteiger partial charge in [0.15, 0.2) is 0 Å². The topological polar surface area (TPSA) is 90.4 Å². The van der Waals surface area contributed by atoms with Gasteiger partial charge < -0.3 is 24.5 Å². The first-order valence-corrected chi connectivity index (χ1v) is 17.1. The van der Waals surface area contributed by atoms with Gasteiger partial charge in [-0.25, -0.2) is 0 Å². The third kappa shape index (κ3) is 6.54. The number of alkyl halides is 1. The van der Waals surface area contributed by atoms with E-state index in [0.717, 1.165) is 5.56 Å². The third-order valence-corrected chi connectivity index (χ3v) is 10.6. The SMILES string of the molecule is C=CCN(Cc1ccccc1)C(=O)[C@H]1[C@H]2C(=O)N([C@@H](CO)C(C)C)C(C(=O)N(CC=C)C(C)(C)CC(C)(C)C)C23CC(Br)[C@@H]1O3. The molecule has 3 amide bonds. The van der Waals surface area contributed by atoms with Crippen LogP contribution in [0.4, 0.5) is 0 Å². The highest BCUT2D eigenvalue weighted by molar-refractivity contribution is 9.09. The van der Waals surface area contributed by atoms with Gasteiger partial charge in [0.25, 0.3) is 0 Å². The maximum Gasteiger partial charge on any atom is 0.249 e. The largest absolute Gasteiger partial charge is 0.394 e. The lowest BCUT2D eigenvalue weighted by Gasteiger charge is -2.47. The molecule has 3 saturated heterocycles. The molecule has 45 heavy (non-hydrogen) atoms. The Morgan fingerprint density at radius 1 is 1.11 bits per heavy atom. The summed E-state index contributed by atoms with van der Waals surface area (Å²) in [6.45, 7) is 22.9. The average Bonchev–Trinajstić information content (AvgIpc) is 3.54. The second kappa shape index (κ2) is 13.3. The van der Waals surface area contributed by atoms with E-state index in [1.165, 1.54) is 0 Å². The number of halogens is 1. The Morgan fingerprint density at radius 2 is 1.73 bits per heavy atom. The van der Waals surface area contributed by atoms with Gasteiger partial charge in [-0.05, 0) is 43.6 Å². The molecule has 0 radical (unpaired) electrons. The van der Waals surface area contributed by atoms with Crippen molar-refractivity contribution in [3.8, 4) is 0 Å². The summed E-state index contributed by atoms with van der Waals surface area (Å²) in [5, 5.41) is 10.6. The van der Waals surface area contributed by atoms with Gasteiger partial charge in [-0.15, -0.1) is 13.2 Å². The molecule has 2 bridgehead atoms. The summed E-state index contributed by atoms with van der Waals surface area (Å²) in [5.74, 6) is -2.51. The molecule has 3 heterocycles. The molecule has 1 aromatic rings. The predicted molar refractivity (Wildman–Crippen MR) is 180 cm³/mol. The molecule has 0 saturated carbocycles. The highest BCUT2D eigenvalue weighted by Crippen LogP contribution is 2.61. The monoisotopic (exact) mass is 685 g/mol. The van der Waals surface area contributed by atoms with Crippen molar-refractivity contribution in [1.82, 2.24) is 14.7 Å². The van der Waals surface area contributed by atoms with Crippen molar-refractivity contribution in [3.05, 3.63) is 61.2 Å². The van der Waals surface area contributed by atoms with E-state index in [9.17, 15) is 14.7 Å². The maximum atomic E-state index is 15.1. The van der Waals surface area contributed by atoms with Crippen molar-refractivity contribution >= 4 is 33.7 Å². The smallest absolute Gasteiger partial charge is 0.249 e. The van der Waals surface area contributed by atoms with Crippen LogP contribution in [-0.4, -0.2) is 91.4 Å². The average molecular weight is 687 g/mol. The third-order valence-electron chi connectivity index (χ3n) is 9.71. The van der Waals surface area contributed by atoms with Crippen LogP contribution < -0.4 is 0 Å². The number of hydrogen-bond donors (Lipinski definition) is 1. The zero-order valence-electron chi connectivity index (χ0n) is 28.0. The summed E-state index contributed by atoms with van der Waals surface area (Å²) in [6, 6.07) is 8.11. The number of benzene rings is 1. The van der Waals surface area contributed by atoms with E-state index < -0.39 is 41.2 Å². The first-order valence-electron chi connectivity index (χ1n) is 16.2. The molecule has 7 atom stereocenters. The van der Waals surface area contributed by atoms with Crippen LogP contribution in [0.2, 0.25) is 0 Å². The van der Waals surface area contributed by atoms with Crippen LogP contribution in [0.25, 0.3) is 0 Å². The minimum absolute atomic E-state index is 0.0745. The highest BCUT2D eigenvalue weighted by Gasteiger charge is 2.77. The standard InChI is InChI=1S/C36H52BrN3O5/c1-10-17-38(20-24-15-13-12-14-16-24)31(42)27-28-32(43)40(26(21-41)23(3)4)30(36(28)19-25(37)29(27)45-36)33(44)39(18-11-2)35(8,9)22-34(5,6)7/h10-16,23,25-30,41H,1-2,17-22H2,3-9H3/t25?,26-,27-,28-,29-,30?,36?/m0/s1. The zero-order chi connectivity index (χ0) is 33.5. The molecule has 8 nitrogen and oxygen atoms in total. The summed E-state index contributed by atoms with van der Waals surface area (Å²) >= 11 is 3.80. The summed E-state index contributed by atoms with van der Waals surface area (Å²) in [4.78, 5) is 49.2. The lowest BCUT2D eigenvalue weighted by Crippen LogP contribution is -2.63. The van der Waals surface area contributed by atoms with E-state index >= 15 is 4.79 Å². The van der Waals surface area contributed by atoms with E-state index in [2.05, 4.69) is 49.9 Å². The Bertz CT molecular complexity index is 1280. The molecule has 0 aromatic heterocycles. The van der Waals surface area contributed by atoms with Crippen LogP contribution in [0.3, 0.4) is 0 Å². The molecule has 1 N–H and O–H groups in total. The van der Waals surface area contributed by atoms with E-state index in [4.69, 9.17) is 4.74 Å². The number of nitrogens with zero attached hydrogens (tertiary/aromatic N) is 3. The molecule has 3 aliphatic rings. The fraction of sp³-hybridized carbons (Fsp3) is 0.639. The summed E-state index contributed by atoms with van der Waals surface area (Å²) < 4.78 is 6.82. The first-order chi connectivity index (χ1) is 21.0.